The number of unbranched alkanes of at least 4 members (excludes halogenated alkanes) is 1. The molecule has 0 spiro atoms. The van der Waals surface area contributed by atoms with Gasteiger partial charge in [0.2, 0.25) is 0 Å². The van der Waals surface area contributed by atoms with E-state index < -0.39 is 0 Å². The van der Waals surface area contributed by atoms with Crippen LogP contribution in [-0.4, -0.2) is 12.7 Å². The van der Waals surface area contributed by atoms with E-state index in [1.54, 1.807) is 0 Å². The normalized spacial score (nSPS) is 12.8. The van der Waals surface area contributed by atoms with E-state index in [9.17, 15) is 0 Å². The maximum atomic E-state index is 6.16. The van der Waals surface area contributed by atoms with Gasteiger partial charge in [-0.15, -0.1) is 0 Å². The molecule has 0 aliphatic carbocycles. The lowest BCUT2D eigenvalue weighted by Gasteiger charge is -2.16. The van der Waals surface area contributed by atoms with E-state index in [0.717, 1.165) is 56.6 Å². The third-order valence-corrected chi connectivity index (χ3v) is 5.80. The van der Waals surface area contributed by atoms with Crippen LogP contribution >= 0.6 is 0 Å². The summed E-state index contributed by atoms with van der Waals surface area (Å²) in [6.45, 7) is 7.45. The van der Waals surface area contributed by atoms with Crippen LogP contribution < -0.4 is 9.47 Å². The molecule has 0 amide bonds. The van der Waals surface area contributed by atoms with Crippen LogP contribution in [0.15, 0.2) is 78.9 Å². The Morgan fingerprint density at radius 3 is 1.94 bits per heavy atom. The highest BCUT2D eigenvalue weighted by atomic mass is 16.5. The Bertz CT molecular complexity index is 884. The van der Waals surface area contributed by atoms with E-state index in [2.05, 4.69) is 99.6 Å². The van der Waals surface area contributed by atoms with Gasteiger partial charge in [-0.2, -0.15) is 0 Å². The molecule has 0 saturated heterocycles. The minimum absolute atomic E-state index is 0.179. The summed E-state index contributed by atoms with van der Waals surface area (Å²) in [7, 11) is 0. The zero-order valence-corrected chi connectivity index (χ0v) is 19.9. The van der Waals surface area contributed by atoms with Gasteiger partial charge >= 0.3 is 0 Å². The molecule has 0 aromatic heterocycles. The van der Waals surface area contributed by atoms with Crippen LogP contribution in [0.1, 0.15) is 56.7 Å². The van der Waals surface area contributed by atoms with Crippen molar-refractivity contribution in [2.75, 3.05) is 6.61 Å². The average Bonchev–Trinajstić information content (AvgIpc) is 2.81. The van der Waals surface area contributed by atoms with Gasteiger partial charge in [0.25, 0.3) is 0 Å². The van der Waals surface area contributed by atoms with E-state index in [1.807, 2.05) is 0 Å². The van der Waals surface area contributed by atoms with Crippen molar-refractivity contribution >= 4 is 0 Å². The van der Waals surface area contributed by atoms with E-state index in [1.165, 1.54) is 16.7 Å². The first-order valence-electron chi connectivity index (χ1n) is 12.1. The Kier molecular flexibility index (Phi) is 9.68. The standard InChI is InChI=1S/C30H38O2/c1-4-5-21-31-29-17-13-26(14-18-29)12-11-25(3)32-30-19-15-28(16-20-30)23-24(2)22-27-9-7-6-8-10-27/h6-10,13-20,24-25H,4-5,11-12,21-23H2,1-3H3. The Morgan fingerprint density at radius 1 is 0.688 bits per heavy atom. The number of hydrogen-bond acceptors (Lipinski definition) is 2. The summed E-state index contributed by atoms with van der Waals surface area (Å²) in [6, 6.07) is 27.9. The molecule has 0 aliphatic rings. The molecule has 3 rings (SSSR count). The summed E-state index contributed by atoms with van der Waals surface area (Å²) in [5, 5.41) is 0. The second-order valence-corrected chi connectivity index (χ2v) is 8.96. The van der Waals surface area contributed by atoms with Gasteiger partial charge in [0.1, 0.15) is 11.5 Å². The van der Waals surface area contributed by atoms with Gasteiger partial charge in [-0.05, 0) is 85.9 Å². The van der Waals surface area contributed by atoms with Gasteiger partial charge in [-0.3, -0.25) is 0 Å². The van der Waals surface area contributed by atoms with Crippen molar-refractivity contribution < 1.29 is 9.47 Å². The van der Waals surface area contributed by atoms with Gasteiger partial charge in [-0.1, -0.05) is 74.9 Å². The van der Waals surface area contributed by atoms with E-state index >= 15 is 0 Å². The molecule has 2 unspecified atom stereocenters. The summed E-state index contributed by atoms with van der Waals surface area (Å²) in [5.74, 6) is 2.54. The fourth-order valence-corrected chi connectivity index (χ4v) is 3.94. The first-order valence-corrected chi connectivity index (χ1v) is 12.1. The van der Waals surface area contributed by atoms with Gasteiger partial charge in [0.15, 0.2) is 0 Å². The van der Waals surface area contributed by atoms with Crippen LogP contribution in [0.5, 0.6) is 11.5 Å². The third-order valence-electron chi connectivity index (χ3n) is 5.80. The Labute approximate surface area is 194 Å². The number of rotatable bonds is 13. The third kappa shape index (κ3) is 8.42. The van der Waals surface area contributed by atoms with Gasteiger partial charge < -0.3 is 9.47 Å². The zero-order valence-electron chi connectivity index (χ0n) is 19.9. The van der Waals surface area contributed by atoms with Crippen molar-refractivity contribution in [3.63, 3.8) is 0 Å². The molecule has 32 heavy (non-hydrogen) atoms. The number of ether oxygens (including phenoxy) is 2. The van der Waals surface area contributed by atoms with Gasteiger partial charge in [0, 0.05) is 0 Å². The molecule has 0 saturated carbocycles. The fourth-order valence-electron chi connectivity index (χ4n) is 3.94. The lowest BCUT2D eigenvalue weighted by Crippen LogP contribution is -2.13. The molecule has 0 N–H and O–H groups in total. The van der Waals surface area contributed by atoms with E-state index in [-0.39, 0.29) is 6.10 Å². The summed E-state index contributed by atoms with van der Waals surface area (Å²) >= 11 is 0. The van der Waals surface area contributed by atoms with Crippen LogP contribution in [0.4, 0.5) is 0 Å². The average molecular weight is 431 g/mol. The first kappa shape index (κ1) is 23.9. The minimum atomic E-state index is 0.179. The maximum Gasteiger partial charge on any atom is 0.119 e. The van der Waals surface area contributed by atoms with Crippen molar-refractivity contribution in [2.24, 2.45) is 5.92 Å². The highest BCUT2D eigenvalue weighted by molar-refractivity contribution is 5.29. The first-order chi connectivity index (χ1) is 15.6. The highest BCUT2D eigenvalue weighted by Crippen LogP contribution is 2.20. The second kappa shape index (κ2) is 13.0. The van der Waals surface area contributed by atoms with Crippen molar-refractivity contribution in [1.29, 1.82) is 0 Å². The Balaban J connectivity index is 1.40. The Hall–Kier alpha value is -2.74. The number of aryl methyl sites for hydroxylation is 1. The summed E-state index contributed by atoms with van der Waals surface area (Å²) < 4.78 is 11.9. The molecule has 0 bridgehead atoms. The number of benzene rings is 3. The van der Waals surface area contributed by atoms with E-state index in [0.29, 0.717) is 5.92 Å². The zero-order chi connectivity index (χ0) is 22.6. The van der Waals surface area contributed by atoms with Crippen molar-refractivity contribution in [2.45, 2.75) is 65.4 Å². The predicted molar refractivity (Wildman–Crippen MR) is 135 cm³/mol. The van der Waals surface area contributed by atoms with Crippen LogP contribution in [-0.2, 0) is 19.3 Å². The summed E-state index contributed by atoms with van der Waals surface area (Å²) in [5.41, 5.74) is 4.10. The smallest absolute Gasteiger partial charge is 0.119 e. The topological polar surface area (TPSA) is 18.5 Å². The number of hydrogen-bond donors (Lipinski definition) is 0. The molecule has 3 aromatic rings. The molecule has 0 radical (unpaired) electrons. The maximum absolute atomic E-state index is 6.16. The van der Waals surface area contributed by atoms with Crippen LogP contribution in [0.25, 0.3) is 0 Å². The molecule has 2 atom stereocenters. The summed E-state index contributed by atoms with van der Waals surface area (Å²) in [4.78, 5) is 0. The van der Waals surface area contributed by atoms with Crippen LogP contribution in [0, 0.1) is 5.92 Å². The quantitative estimate of drug-likeness (QED) is 0.259. The highest BCUT2D eigenvalue weighted by Gasteiger charge is 2.08. The fraction of sp³-hybridized carbons (Fsp3) is 0.400. The summed E-state index contributed by atoms with van der Waals surface area (Å²) in [6.07, 6.45) is 6.64. The van der Waals surface area contributed by atoms with E-state index in [4.69, 9.17) is 9.47 Å². The van der Waals surface area contributed by atoms with Crippen molar-refractivity contribution in [3.05, 3.63) is 95.6 Å². The molecule has 2 heteroatoms. The molecular formula is C30H38O2. The predicted octanol–water partition coefficient (Wildman–Crippen LogP) is 7.69. The Morgan fingerprint density at radius 2 is 1.28 bits per heavy atom. The molecule has 3 aromatic carbocycles. The van der Waals surface area contributed by atoms with Gasteiger partial charge in [0.05, 0.1) is 12.7 Å². The lowest BCUT2D eigenvalue weighted by molar-refractivity contribution is 0.211. The largest absolute Gasteiger partial charge is 0.494 e. The van der Waals surface area contributed by atoms with Crippen molar-refractivity contribution in [1.82, 2.24) is 0 Å². The van der Waals surface area contributed by atoms with Crippen LogP contribution in [0.2, 0.25) is 0 Å². The molecule has 0 aliphatic heterocycles. The second-order valence-electron chi connectivity index (χ2n) is 8.96. The molecule has 0 heterocycles. The van der Waals surface area contributed by atoms with Crippen molar-refractivity contribution in [3.8, 4) is 11.5 Å². The minimum Gasteiger partial charge on any atom is -0.494 e. The molecule has 2 nitrogen and oxygen atoms in total. The molecule has 170 valence electrons. The SMILES string of the molecule is CCCCOc1ccc(CCC(C)Oc2ccc(CC(C)Cc3ccccc3)cc2)cc1. The molecule has 0 fully saturated rings. The molecular weight excluding hydrogens is 392 g/mol. The lowest BCUT2D eigenvalue weighted by atomic mass is 9.94. The monoisotopic (exact) mass is 430 g/mol. The van der Waals surface area contributed by atoms with Gasteiger partial charge in [-0.25, -0.2) is 0 Å². The van der Waals surface area contributed by atoms with Crippen LogP contribution in [0.3, 0.4) is 0 Å².